The van der Waals surface area contributed by atoms with Crippen molar-refractivity contribution in [1.29, 1.82) is 5.26 Å². The normalized spacial score (nSPS) is 10.8. The molecule has 2 rings (SSSR count). The van der Waals surface area contributed by atoms with E-state index in [1.165, 1.54) is 12.1 Å². The van der Waals surface area contributed by atoms with Crippen LogP contribution in [0, 0.1) is 11.3 Å². The molecule has 0 unspecified atom stereocenters. The van der Waals surface area contributed by atoms with Crippen LogP contribution >= 0.6 is 0 Å². The number of hydrogen-bond donors (Lipinski definition) is 1. The number of anilines is 1. The molecule has 0 aliphatic carbocycles. The van der Waals surface area contributed by atoms with Gasteiger partial charge >= 0.3 is 0 Å². The first-order valence-electron chi connectivity index (χ1n) is 5.68. The van der Waals surface area contributed by atoms with E-state index in [0.29, 0.717) is 17.1 Å². The van der Waals surface area contributed by atoms with Crippen LogP contribution in [-0.4, -0.2) is 14.7 Å². The van der Waals surface area contributed by atoms with Gasteiger partial charge in [-0.25, -0.2) is 8.42 Å². The Morgan fingerprint density at radius 2 is 1.90 bits per heavy atom. The highest BCUT2D eigenvalue weighted by molar-refractivity contribution is 7.90. The van der Waals surface area contributed by atoms with Gasteiger partial charge in [0.2, 0.25) is 0 Å². The summed E-state index contributed by atoms with van der Waals surface area (Å²) in [6.07, 6.45) is 1.12. The Morgan fingerprint density at radius 3 is 2.55 bits per heavy atom. The quantitative estimate of drug-likeness (QED) is 0.875. The van der Waals surface area contributed by atoms with Crippen LogP contribution < -0.4 is 10.5 Å². The van der Waals surface area contributed by atoms with E-state index in [2.05, 4.69) is 0 Å². The standard InChI is InChI=1S/C14H12N2O3S/c1-20(17,18)12-6-3-5-11(8-12)19-13-7-2-4-10(9-15)14(13)16/h2-8H,16H2,1H3. The average molecular weight is 288 g/mol. The first-order valence-corrected chi connectivity index (χ1v) is 7.57. The van der Waals surface area contributed by atoms with Gasteiger partial charge in [0.15, 0.2) is 15.6 Å². The lowest BCUT2D eigenvalue weighted by atomic mass is 10.2. The highest BCUT2D eigenvalue weighted by Gasteiger charge is 2.10. The maximum Gasteiger partial charge on any atom is 0.175 e. The number of para-hydroxylation sites is 1. The number of nitriles is 1. The maximum absolute atomic E-state index is 11.5. The first kappa shape index (κ1) is 13.9. The summed E-state index contributed by atoms with van der Waals surface area (Å²) in [5, 5.41) is 8.89. The molecule has 0 saturated heterocycles. The van der Waals surface area contributed by atoms with Gasteiger partial charge in [-0.2, -0.15) is 5.26 Å². The Hall–Kier alpha value is -2.52. The monoisotopic (exact) mass is 288 g/mol. The predicted octanol–water partition coefficient (Wildman–Crippen LogP) is 2.34. The molecule has 0 bridgehead atoms. The summed E-state index contributed by atoms with van der Waals surface area (Å²) < 4.78 is 28.5. The molecule has 0 radical (unpaired) electrons. The van der Waals surface area contributed by atoms with Crippen LogP contribution in [0.3, 0.4) is 0 Å². The summed E-state index contributed by atoms with van der Waals surface area (Å²) in [5.74, 6) is 0.657. The predicted molar refractivity (Wildman–Crippen MR) is 75.2 cm³/mol. The van der Waals surface area contributed by atoms with Gasteiger partial charge in [-0.3, -0.25) is 0 Å². The lowest BCUT2D eigenvalue weighted by molar-refractivity contribution is 0.483. The molecule has 0 atom stereocenters. The van der Waals surface area contributed by atoms with Gasteiger partial charge in [-0.15, -0.1) is 0 Å². The zero-order chi connectivity index (χ0) is 14.8. The van der Waals surface area contributed by atoms with E-state index in [1.54, 1.807) is 30.3 Å². The van der Waals surface area contributed by atoms with E-state index in [9.17, 15) is 8.42 Å². The molecule has 0 fully saturated rings. The molecule has 102 valence electrons. The third kappa shape index (κ3) is 2.90. The van der Waals surface area contributed by atoms with Crippen LogP contribution in [-0.2, 0) is 9.84 Å². The molecule has 0 amide bonds. The van der Waals surface area contributed by atoms with E-state index in [0.717, 1.165) is 6.26 Å². The largest absolute Gasteiger partial charge is 0.455 e. The van der Waals surface area contributed by atoms with Crippen molar-refractivity contribution in [2.24, 2.45) is 0 Å². The summed E-state index contributed by atoms with van der Waals surface area (Å²) in [4.78, 5) is 0.157. The first-order chi connectivity index (χ1) is 9.41. The van der Waals surface area contributed by atoms with Gasteiger partial charge < -0.3 is 10.5 Å². The van der Waals surface area contributed by atoms with Gasteiger partial charge in [-0.05, 0) is 30.3 Å². The van der Waals surface area contributed by atoms with E-state index in [1.807, 2.05) is 6.07 Å². The lowest BCUT2D eigenvalue weighted by Crippen LogP contribution is -1.98. The van der Waals surface area contributed by atoms with Crippen LogP contribution in [0.5, 0.6) is 11.5 Å². The van der Waals surface area contributed by atoms with Crippen molar-refractivity contribution in [3.05, 3.63) is 48.0 Å². The van der Waals surface area contributed by atoms with Crippen molar-refractivity contribution < 1.29 is 13.2 Å². The Labute approximate surface area is 117 Å². The minimum atomic E-state index is -3.30. The number of nitrogens with two attached hydrogens (primary N) is 1. The Kier molecular flexibility index (Phi) is 3.63. The third-order valence-corrected chi connectivity index (χ3v) is 3.76. The molecular weight excluding hydrogens is 276 g/mol. The second kappa shape index (κ2) is 5.23. The minimum absolute atomic E-state index is 0.157. The molecule has 6 heteroatoms. The molecule has 0 spiro atoms. The zero-order valence-electron chi connectivity index (χ0n) is 10.7. The second-order valence-electron chi connectivity index (χ2n) is 4.18. The molecule has 0 aromatic heterocycles. The highest BCUT2D eigenvalue weighted by atomic mass is 32.2. The van der Waals surface area contributed by atoms with E-state index in [4.69, 9.17) is 15.7 Å². The number of nitrogens with zero attached hydrogens (tertiary/aromatic N) is 1. The number of benzene rings is 2. The topological polar surface area (TPSA) is 93.2 Å². The van der Waals surface area contributed by atoms with E-state index < -0.39 is 9.84 Å². The van der Waals surface area contributed by atoms with Gasteiger partial charge in [0.05, 0.1) is 16.1 Å². The van der Waals surface area contributed by atoms with E-state index in [-0.39, 0.29) is 10.6 Å². The Bertz CT molecular complexity index is 792. The summed E-state index contributed by atoms with van der Waals surface area (Å²) >= 11 is 0. The number of ether oxygens (including phenoxy) is 1. The van der Waals surface area contributed by atoms with Crippen LogP contribution in [0.25, 0.3) is 0 Å². The van der Waals surface area contributed by atoms with Crippen molar-refractivity contribution in [2.45, 2.75) is 4.90 Å². The van der Waals surface area contributed by atoms with Crippen molar-refractivity contribution in [2.75, 3.05) is 12.0 Å². The third-order valence-electron chi connectivity index (χ3n) is 2.65. The molecule has 2 N–H and O–H groups in total. The number of hydrogen-bond acceptors (Lipinski definition) is 5. The molecule has 5 nitrogen and oxygen atoms in total. The fourth-order valence-corrected chi connectivity index (χ4v) is 2.28. The number of nitrogen functional groups attached to an aromatic ring is 1. The summed E-state index contributed by atoms with van der Waals surface area (Å²) in [6, 6.07) is 12.9. The molecular formula is C14H12N2O3S. The highest BCUT2D eigenvalue weighted by Crippen LogP contribution is 2.30. The van der Waals surface area contributed by atoms with Gasteiger partial charge in [-0.1, -0.05) is 12.1 Å². The van der Waals surface area contributed by atoms with Crippen molar-refractivity contribution in [3.63, 3.8) is 0 Å². The van der Waals surface area contributed by atoms with Gasteiger partial charge in [0.1, 0.15) is 11.8 Å². The molecule has 0 aliphatic rings. The van der Waals surface area contributed by atoms with Crippen molar-refractivity contribution in [3.8, 4) is 17.6 Å². The Balaban J connectivity index is 2.39. The SMILES string of the molecule is CS(=O)(=O)c1cccc(Oc2cccc(C#N)c2N)c1. The Morgan fingerprint density at radius 1 is 1.20 bits per heavy atom. The fourth-order valence-electron chi connectivity index (χ4n) is 1.63. The van der Waals surface area contributed by atoms with Crippen LogP contribution in [0.15, 0.2) is 47.4 Å². The molecule has 2 aromatic rings. The second-order valence-corrected chi connectivity index (χ2v) is 6.19. The molecule has 2 aromatic carbocycles. The fraction of sp³-hybridized carbons (Fsp3) is 0.0714. The van der Waals surface area contributed by atoms with Crippen molar-refractivity contribution in [1.82, 2.24) is 0 Å². The number of rotatable bonds is 3. The van der Waals surface area contributed by atoms with Crippen LogP contribution in [0.2, 0.25) is 0 Å². The van der Waals surface area contributed by atoms with Crippen LogP contribution in [0.1, 0.15) is 5.56 Å². The molecule has 0 heterocycles. The molecule has 20 heavy (non-hydrogen) atoms. The average Bonchev–Trinajstić information content (AvgIpc) is 2.40. The molecule has 0 saturated carbocycles. The number of sulfone groups is 1. The lowest BCUT2D eigenvalue weighted by Gasteiger charge is -2.10. The zero-order valence-corrected chi connectivity index (χ0v) is 11.5. The van der Waals surface area contributed by atoms with Crippen LogP contribution in [0.4, 0.5) is 5.69 Å². The van der Waals surface area contributed by atoms with Crippen molar-refractivity contribution >= 4 is 15.5 Å². The summed E-state index contributed by atoms with van der Waals surface area (Å²) in [6.45, 7) is 0. The summed E-state index contributed by atoms with van der Waals surface area (Å²) in [5.41, 5.74) is 6.33. The minimum Gasteiger partial charge on any atom is -0.455 e. The maximum atomic E-state index is 11.5. The van der Waals surface area contributed by atoms with E-state index >= 15 is 0 Å². The molecule has 0 aliphatic heterocycles. The van der Waals surface area contributed by atoms with Gasteiger partial charge in [0.25, 0.3) is 0 Å². The van der Waals surface area contributed by atoms with Gasteiger partial charge in [0, 0.05) is 6.26 Å². The summed E-state index contributed by atoms with van der Waals surface area (Å²) in [7, 11) is -3.30. The smallest absolute Gasteiger partial charge is 0.175 e.